The summed E-state index contributed by atoms with van der Waals surface area (Å²) in [5, 5.41) is 13.4. The molecule has 8 nitrogen and oxygen atoms in total. The molecule has 4 aliphatic rings. The van der Waals surface area contributed by atoms with Crippen LogP contribution < -0.4 is 15.0 Å². The van der Waals surface area contributed by atoms with Gasteiger partial charge < -0.3 is 15.2 Å². The zero-order valence-corrected chi connectivity index (χ0v) is 25.2. The van der Waals surface area contributed by atoms with Crippen molar-refractivity contribution in [2.45, 2.75) is 18.8 Å². The van der Waals surface area contributed by atoms with Crippen LogP contribution in [0.3, 0.4) is 0 Å². The summed E-state index contributed by atoms with van der Waals surface area (Å²) in [4.78, 5) is 56.2. The summed E-state index contributed by atoms with van der Waals surface area (Å²) in [6, 6.07) is 21.5. The molecule has 4 atom stereocenters. The van der Waals surface area contributed by atoms with E-state index in [2.05, 4.69) is 21.2 Å². The van der Waals surface area contributed by atoms with E-state index in [4.69, 9.17) is 4.74 Å². The Kier molecular flexibility index (Phi) is 6.85. The Morgan fingerprint density at radius 2 is 1.64 bits per heavy atom. The molecule has 3 aromatic carbocycles. The van der Waals surface area contributed by atoms with Gasteiger partial charge in [0.2, 0.25) is 11.8 Å². The van der Waals surface area contributed by atoms with Crippen LogP contribution in [-0.4, -0.2) is 35.6 Å². The first-order chi connectivity index (χ1) is 21.3. The molecule has 0 unspecified atom stereocenters. The van der Waals surface area contributed by atoms with E-state index >= 15 is 0 Å². The summed E-state index contributed by atoms with van der Waals surface area (Å²) in [6.45, 7) is 0. The van der Waals surface area contributed by atoms with Crippen molar-refractivity contribution in [2.75, 3.05) is 17.3 Å². The van der Waals surface area contributed by atoms with Crippen LogP contribution in [0.5, 0.6) is 11.5 Å². The normalized spacial score (nSPS) is 24.4. The Morgan fingerprint density at radius 1 is 0.909 bits per heavy atom. The summed E-state index contributed by atoms with van der Waals surface area (Å²) in [6.07, 6.45) is 3.74. The highest BCUT2D eigenvalue weighted by Crippen LogP contribution is 2.56. The molecule has 44 heavy (non-hydrogen) atoms. The standard InChI is InChI=1S/C35H27BrN2O6/c1-44-29-15-21(39)11-12-23(29)30-22-13-14-24-31(25(22)16-26-32(30)28(40)17-27(36)33(26)41)35(43)38(34(24)42)20-9-7-19(8-10-20)37-18-5-3-2-4-6-18/h2-13,15,17,24-25,30-31,37,39H,14,16H2,1H3/t24-,25+,30+,31-/m0/s1. The van der Waals surface area contributed by atoms with Crippen LogP contribution in [0.4, 0.5) is 17.1 Å². The molecule has 0 bridgehead atoms. The molecule has 0 saturated carbocycles. The Bertz CT molecular complexity index is 1840. The van der Waals surface area contributed by atoms with Crippen LogP contribution in [-0.2, 0) is 19.2 Å². The minimum absolute atomic E-state index is 0.00395. The second-order valence-corrected chi connectivity index (χ2v) is 12.2. The van der Waals surface area contributed by atoms with Gasteiger partial charge in [-0.1, -0.05) is 35.9 Å². The maximum atomic E-state index is 14.2. The van der Waals surface area contributed by atoms with Crippen LogP contribution in [0, 0.1) is 17.8 Å². The van der Waals surface area contributed by atoms with Crippen LogP contribution >= 0.6 is 15.9 Å². The largest absolute Gasteiger partial charge is 0.508 e. The number of fused-ring (bicyclic) bond motifs is 3. The second-order valence-electron chi connectivity index (χ2n) is 11.4. The smallest absolute Gasteiger partial charge is 0.238 e. The summed E-state index contributed by atoms with van der Waals surface area (Å²) in [5.41, 5.74) is 4.32. The number of methoxy groups -OCH3 is 1. The van der Waals surface area contributed by atoms with Crippen LogP contribution in [0.1, 0.15) is 24.3 Å². The van der Waals surface area contributed by atoms with Gasteiger partial charge in [0.05, 0.1) is 29.1 Å². The number of amides is 2. The summed E-state index contributed by atoms with van der Waals surface area (Å²) in [5.74, 6) is -3.27. The molecule has 0 spiro atoms. The molecule has 3 aromatic rings. The van der Waals surface area contributed by atoms with E-state index in [0.29, 0.717) is 34.6 Å². The predicted octanol–water partition coefficient (Wildman–Crippen LogP) is 6.11. The maximum absolute atomic E-state index is 14.2. The van der Waals surface area contributed by atoms with Gasteiger partial charge in [-0.05, 0) is 77.2 Å². The number of carbonyl (C=O) groups is 4. The lowest BCUT2D eigenvalue weighted by atomic mass is 9.59. The topological polar surface area (TPSA) is 113 Å². The molecule has 2 amide bonds. The number of para-hydroxylation sites is 1. The first kappa shape index (κ1) is 28.0. The fraction of sp³-hybridized carbons (Fsp3) is 0.200. The molecule has 0 radical (unpaired) electrons. The number of halogens is 1. The van der Waals surface area contributed by atoms with Crippen LogP contribution in [0.15, 0.2) is 106 Å². The Labute approximate surface area is 261 Å². The first-order valence-corrected chi connectivity index (χ1v) is 15.1. The molecule has 2 N–H and O–H groups in total. The molecule has 7 rings (SSSR count). The first-order valence-electron chi connectivity index (χ1n) is 14.3. The van der Waals surface area contributed by atoms with Gasteiger partial charge in [-0.2, -0.15) is 0 Å². The fourth-order valence-corrected chi connectivity index (χ4v) is 7.58. The number of ether oxygens (including phenoxy) is 1. The highest BCUT2D eigenvalue weighted by molar-refractivity contribution is 9.12. The summed E-state index contributed by atoms with van der Waals surface area (Å²) >= 11 is 3.25. The number of phenols is 1. The highest BCUT2D eigenvalue weighted by atomic mass is 79.9. The molecule has 1 aliphatic heterocycles. The number of rotatable bonds is 5. The Balaban J connectivity index is 1.27. The molecule has 0 aromatic heterocycles. The third-order valence-corrected chi connectivity index (χ3v) is 9.64. The van der Waals surface area contributed by atoms with E-state index in [1.54, 1.807) is 18.2 Å². The van der Waals surface area contributed by atoms with E-state index in [0.717, 1.165) is 16.9 Å². The van der Waals surface area contributed by atoms with E-state index in [1.807, 2.05) is 48.5 Å². The number of aromatic hydroxyl groups is 1. The lowest BCUT2D eigenvalue weighted by Gasteiger charge is -2.42. The molecular weight excluding hydrogens is 624 g/mol. The molecule has 1 heterocycles. The second kappa shape index (κ2) is 10.7. The maximum Gasteiger partial charge on any atom is 0.238 e. The summed E-state index contributed by atoms with van der Waals surface area (Å²) < 4.78 is 5.77. The van der Waals surface area contributed by atoms with Gasteiger partial charge in [-0.3, -0.25) is 24.1 Å². The van der Waals surface area contributed by atoms with Gasteiger partial charge in [0.15, 0.2) is 11.6 Å². The monoisotopic (exact) mass is 650 g/mol. The van der Waals surface area contributed by atoms with Crippen LogP contribution in [0.2, 0.25) is 0 Å². The van der Waals surface area contributed by atoms with Gasteiger partial charge in [-0.25, -0.2) is 0 Å². The number of carbonyl (C=O) groups excluding carboxylic acids is 4. The Hall–Kier alpha value is -4.76. The van der Waals surface area contributed by atoms with E-state index in [1.165, 1.54) is 30.2 Å². The minimum atomic E-state index is -0.697. The van der Waals surface area contributed by atoms with Gasteiger partial charge in [0.25, 0.3) is 0 Å². The molecule has 1 saturated heterocycles. The number of imide groups is 1. The molecular formula is C35H27BrN2O6. The number of hydrogen-bond donors (Lipinski definition) is 2. The number of hydrogen-bond acceptors (Lipinski definition) is 7. The van der Waals surface area contributed by atoms with Crippen molar-refractivity contribution < 1.29 is 29.0 Å². The Morgan fingerprint density at radius 3 is 2.36 bits per heavy atom. The van der Waals surface area contributed by atoms with E-state index in [9.17, 15) is 24.3 Å². The average Bonchev–Trinajstić information content (AvgIpc) is 3.29. The number of allylic oxidation sites excluding steroid dienone is 6. The molecule has 3 aliphatic carbocycles. The average molecular weight is 652 g/mol. The lowest BCUT2D eigenvalue weighted by Crippen LogP contribution is -2.39. The van der Waals surface area contributed by atoms with Crippen LogP contribution in [0.25, 0.3) is 0 Å². The number of Topliss-reactive ketones (excluding diaryl/α,β-unsaturated/α-hetero) is 1. The zero-order valence-electron chi connectivity index (χ0n) is 23.6. The van der Waals surface area contributed by atoms with Crippen molar-refractivity contribution in [1.82, 2.24) is 0 Å². The van der Waals surface area contributed by atoms with Crippen molar-refractivity contribution in [2.24, 2.45) is 17.8 Å². The summed E-state index contributed by atoms with van der Waals surface area (Å²) in [7, 11) is 1.47. The van der Waals surface area contributed by atoms with Crippen molar-refractivity contribution in [3.63, 3.8) is 0 Å². The highest BCUT2D eigenvalue weighted by Gasteiger charge is 2.57. The predicted molar refractivity (Wildman–Crippen MR) is 168 cm³/mol. The van der Waals surface area contributed by atoms with Gasteiger partial charge in [-0.15, -0.1) is 0 Å². The number of ketones is 2. The van der Waals surface area contributed by atoms with Gasteiger partial charge >= 0.3 is 0 Å². The van der Waals surface area contributed by atoms with Crippen molar-refractivity contribution >= 4 is 56.4 Å². The zero-order chi connectivity index (χ0) is 30.7. The van der Waals surface area contributed by atoms with Crippen molar-refractivity contribution in [3.05, 3.63) is 112 Å². The molecule has 9 heteroatoms. The van der Waals surface area contributed by atoms with Gasteiger partial charge in [0, 0.05) is 46.1 Å². The third kappa shape index (κ3) is 4.42. The third-order valence-electron chi connectivity index (χ3n) is 9.05. The number of benzene rings is 3. The number of nitrogens with zero attached hydrogens (tertiary/aromatic N) is 1. The number of phenolic OH excluding ortho intramolecular Hbond substituents is 1. The quantitative estimate of drug-likeness (QED) is 0.195. The van der Waals surface area contributed by atoms with Crippen molar-refractivity contribution in [3.8, 4) is 11.5 Å². The number of anilines is 3. The SMILES string of the molecule is COc1cc(O)ccc1[C@H]1C2=CC[C@@H]3C(=O)N(c4ccc(Nc5ccccc5)cc4)C(=O)[C@@H]3[C@@H]2CC2=C1C(=O)C=C(Br)C2=O. The van der Waals surface area contributed by atoms with E-state index < -0.39 is 23.7 Å². The minimum Gasteiger partial charge on any atom is -0.508 e. The van der Waals surface area contributed by atoms with Crippen molar-refractivity contribution in [1.29, 1.82) is 0 Å². The van der Waals surface area contributed by atoms with E-state index in [-0.39, 0.29) is 40.0 Å². The van der Waals surface area contributed by atoms with Gasteiger partial charge in [0.1, 0.15) is 11.5 Å². The fourth-order valence-electron chi connectivity index (χ4n) is 7.14. The molecule has 220 valence electrons. The lowest BCUT2D eigenvalue weighted by molar-refractivity contribution is -0.123. The number of nitrogens with one attached hydrogen (secondary N) is 1. The molecule has 1 fully saturated rings.